The minimum absolute atomic E-state index is 0.0164. The van der Waals surface area contributed by atoms with Crippen LogP contribution in [0.2, 0.25) is 0 Å². The zero-order chi connectivity index (χ0) is 21.9. The predicted molar refractivity (Wildman–Crippen MR) is 112 cm³/mol. The first-order valence-corrected chi connectivity index (χ1v) is 9.68. The highest BCUT2D eigenvalue weighted by Crippen LogP contribution is 2.31. The Labute approximate surface area is 174 Å². The summed E-state index contributed by atoms with van der Waals surface area (Å²) in [7, 11) is 4.02. The smallest absolute Gasteiger partial charge is 0.403 e. The lowest BCUT2D eigenvalue weighted by Crippen LogP contribution is -2.07. The van der Waals surface area contributed by atoms with E-state index >= 15 is 0 Å². The monoisotopic (exact) mass is 433 g/mol. The largest absolute Gasteiger partial charge is 0.416 e. The fourth-order valence-electron chi connectivity index (χ4n) is 2.55. The first kappa shape index (κ1) is 21.5. The molecule has 3 aromatic heterocycles. The van der Waals surface area contributed by atoms with Crippen LogP contribution >= 0.6 is 11.3 Å². The zero-order valence-corrected chi connectivity index (χ0v) is 17.2. The van der Waals surface area contributed by atoms with E-state index in [-0.39, 0.29) is 5.89 Å². The van der Waals surface area contributed by atoms with E-state index < -0.39 is 17.4 Å². The fourth-order valence-corrected chi connectivity index (χ4v) is 3.41. The molecule has 4 rings (SSSR count). The summed E-state index contributed by atoms with van der Waals surface area (Å²) >= 11 is 1.23. The van der Waals surface area contributed by atoms with Crippen LogP contribution in [0.1, 0.15) is 11.1 Å². The van der Waals surface area contributed by atoms with Gasteiger partial charge in [-0.2, -0.15) is 13.2 Å². The number of aryl methyl sites for hydroxylation is 1. The van der Waals surface area contributed by atoms with Crippen LogP contribution in [-0.4, -0.2) is 24.1 Å². The first-order valence-electron chi connectivity index (χ1n) is 8.80. The maximum Gasteiger partial charge on any atom is 0.416 e. The lowest BCUT2D eigenvalue weighted by atomic mass is 10.1. The lowest BCUT2D eigenvalue weighted by Gasteiger charge is -2.10. The van der Waals surface area contributed by atoms with E-state index in [0.717, 1.165) is 17.7 Å². The Bertz CT molecular complexity index is 1180. The Morgan fingerprint density at radius 2 is 1.67 bits per heavy atom. The summed E-state index contributed by atoms with van der Waals surface area (Å²) in [6.07, 6.45) is -0.828. The molecular weight excluding hydrogens is 415 g/mol. The summed E-state index contributed by atoms with van der Waals surface area (Å²) in [5.74, 6) is 0.0164. The molecule has 0 bridgehead atoms. The molecule has 1 aromatic carbocycles. The molecule has 30 heavy (non-hydrogen) atoms. The molecule has 0 aliphatic rings. The maximum absolute atomic E-state index is 12.5. The van der Waals surface area contributed by atoms with E-state index in [2.05, 4.69) is 9.97 Å². The third-order valence-electron chi connectivity index (χ3n) is 4.17. The number of thiophene rings is 1. The van der Waals surface area contributed by atoms with Gasteiger partial charge in [0, 0.05) is 37.7 Å². The van der Waals surface area contributed by atoms with E-state index in [1.54, 1.807) is 17.8 Å². The van der Waals surface area contributed by atoms with Crippen LogP contribution in [0.4, 0.5) is 18.9 Å². The molecule has 9 heteroatoms. The quantitative estimate of drug-likeness (QED) is 0.424. The number of alkyl halides is 3. The van der Waals surface area contributed by atoms with Crippen LogP contribution < -0.4 is 10.5 Å². The second-order valence-corrected chi connectivity index (χ2v) is 7.46. The number of halogens is 3. The summed E-state index contributed by atoms with van der Waals surface area (Å²) in [5.41, 5.74) is 1.56. The van der Waals surface area contributed by atoms with Gasteiger partial charge < -0.3 is 9.32 Å². The number of aromatic nitrogens is 2. The molecule has 0 saturated carbocycles. The van der Waals surface area contributed by atoms with Gasteiger partial charge in [-0.05, 0) is 54.3 Å². The van der Waals surface area contributed by atoms with Gasteiger partial charge in [-0.25, -0.2) is 9.78 Å². The zero-order valence-electron chi connectivity index (χ0n) is 16.4. The molecule has 0 N–H and O–H groups in total. The molecule has 156 valence electrons. The highest BCUT2D eigenvalue weighted by atomic mass is 32.1. The highest BCUT2D eigenvalue weighted by molar-refractivity contribution is 7.17. The van der Waals surface area contributed by atoms with Gasteiger partial charge in [0.2, 0.25) is 5.89 Å². The average Bonchev–Trinajstić information content (AvgIpc) is 3.10. The second-order valence-electron chi connectivity index (χ2n) is 6.58. The topological polar surface area (TPSA) is 59.2 Å². The van der Waals surface area contributed by atoms with Gasteiger partial charge in [-0.3, -0.25) is 4.98 Å². The van der Waals surface area contributed by atoms with Crippen molar-refractivity contribution in [3.8, 4) is 11.5 Å². The molecule has 0 amide bonds. The summed E-state index contributed by atoms with van der Waals surface area (Å²) in [6.45, 7) is 1.81. The van der Waals surface area contributed by atoms with E-state index in [1.807, 2.05) is 38.1 Å². The van der Waals surface area contributed by atoms with Crippen LogP contribution in [0.3, 0.4) is 0 Å². The maximum atomic E-state index is 12.5. The Morgan fingerprint density at radius 1 is 1.03 bits per heavy atom. The SMILES string of the molecule is CN(C)c1ccncc1.Cc1csc2c(=O)oc(-c3ccc(C(F)(F)F)cc3)nc12. The molecule has 3 heterocycles. The van der Waals surface area contributed by atoms with Gasteiger partial charge in [0.25, 0.3) is 0 Å². The Kier molecular flexibility index (Phi) is 6.21. The van der Waals surface area contributed by atoms with E-state index in [4.69, 9.17) is 4.42 Å². The van der Waals surface area contributed by atoms with Crippen molar-refractivity contribution in [2.45, 2.75) is 13.1 Å². The number of rotatable bonds is 2. The Morgan fingerprint density at radius 3 is 2.20 bits per heavy atom. The van der Waals surface area contributed by atoms with Crippen molar-refractivity contribution in [1.82, 2.24) is 9.97 Å². The lowest BCUT2D eigenvalue weighted by molar-refractivity contribution is -0.137. The van der Waals surface area contributed by atoms with Crippen molar-refractivity contribution >= 4 is 27.2 Å². The Balaban J connectivity index is 0.000000239. The molecule has 0 fully saturated rings. The number of fused-ring (bicyclic) bond motifs is 1. The molecule has 0 saturated heterocycles. The van der Waals surface area contributed by atoms with Gasteiger partial charge in [0.1, 0.15) is 4.70 Å². The van der Waals surface area contributed by atoms with Crippen LogP contribution in [0.15, 0.2) is 63.4 Å². The summed E-state index contributed by atoms with van der Waals surface area (Å²) in [6, 6.07) is 8.28. The number of anilines is 1. The van der Waals surface area contributed by atoms with Gasteiger partial charge >= 0.3 is 11.8 Å². The fraction of sp³-hybridized carbons (Fsp3) is 0.190. The number of pyridine rings is 1. The summed E-state index contributed by atoms with van der Waals surface area (Å²) in [5, 5.41) is 1.78. The molecule has 0 atom stereocenters. The van der Waals surface area contributed by atoms with Crippen LogP contribution in [0.25, 0.3) is 21.7 Å². The molecular formula is C21H18F3N3O2S. The third kappa shape index (κ3) is 4.85. The highest BCUT2D eigenvalue weighted by Gasteiger charge is 2.30. The first-order chi connectivity index (χ1) is 14.2. The summed E-state index contributed by atoms with van der Waals surface area (Å²) < 4.78 is 43.0. The van der Waals surface area contributed by atoms with Gasteiger partial charge in [-0.15, -0.1) is 11.3 Å². The van der Waals surface area contributed by atoms with Gasteiger partial charge in [0.05, 0.1) is 11.1 Å². The molecule has 0 spiro atoms. The minimum Gasteiger partial charge on any atom is -0.403 e. The number of hydrogen-bond acceptors (Lipinski definition) is 6. The second kappa shape index (κ2) is 8.66. The normalized spacial score (nSPS) is 11.1. The molecule has 0 aliphatic heterocycles. The molecule has 4 aromatic rings. The number of hydrogen-bond donors (Lipinski definition) is 0. The molecule has 0 aliphatic carbocycles. The van der Waals surface area contributed by atoms with E-state index in [9.17, 15) is 18.0 Å². The Hall–Kier alpha value is -3.20. The minimum atomic E-state index is -4.40. The predicted octanol–water partition coefficient (Wildman–Crippen LogP) is 5.39. The average molecular weight is 433 g/mol. The third-order valence-corrected chi connectivity index (χ3v) is 5.24. The van der Waals surface area contributed by atoms with Gasteiger partial charge in [-0.1, -0.05) is 0 Å². The summed E-state index contributed by atoms with van der Waals surface area (Å²) in [4.78, 5) is 22.0. The van der Waals surface area contributed by atoms with Crippen LogP contribution in [-0.2, 0) is 6.18 Å². The van der Waals surface area contributed by atoms with Crippen molar-refractivity contribution in [3.05, 3.63) is 75.7 Å². The van der Waals surface area contributed by atoms with Crippen molar-refractivity contribution in [2.24, 2.45) is 0 Å². The van der Waals surface area contributed by atoms with Gasteiger partial charge in [0.15, 0.2) is 0 Å². The number of nitrogens with zero attached hydrogens (tertiary/aromatic N) is 3. The van der Waals surface area contributed by atoms with Crippen LogP contribution in [0.5, 0.6) is 0 Å². The van der Waals surface area contributed by atoms with Crippen LogP contribution in [0, 0.1) is 6.92 Å². The standard InChI is InChI=1S/C14H8F3NO2S.C7H10N2/c1-7-6-21-11-10(7)18-12(20-13(11)19)8-2-4-9(5-3-8)14(15,16)17;1-9(2)7-3-5-8-6-4-7/h2-6H,1H3;3-6H,1-2H3. The van der Waals surface area contributed by atoms with E-state index in [1.165, 1.54) is 29.2 Å². The van der Waals surface area contributed by atoms with Crippen molar-refractivity contribution < 1.29 is 17.6 Å². The van der Waals surface area contributed by atoms with Crippen molar-refractivity contribution in [3.63, 3.8) is 0 Å². The van der Waals surface area contributed by atoms with E-state index in [0.29, 0.717) is 15.8 Å². The number of benzene rings is 1. The molecule has 0 radical (unpaired) electrons. The van der Waals surface area contributed by atoms with Crippen molar-refractivity contribution in [2.75, 3.05) is 19.0 Å². The molecule has 5 nitrogen and oxygen atoms in total. The van der Waals surface area contributed by atoms with Crippen molar-refractivity contribution in [1.29, 1.82) is 0 Å². The molecule has 0 unspecified atom stereocenters.